The fourth-order valence-corrected chi connectivity index (χ4v) is 3.86. The van der Waals surface area contributed by atoms with E-state index in [-0.39, 0.29) is 17.2 Å². The maximum absolute atomic E-state index is 13.2. The van der Waals surface area contributed by atoms with Gasteiger partial charge in [-0.3, -0.25) is 24.3 Å². The van der Waals surface area contributed by atoms with Crippen LogP contribution in [0, 0.1) is 0 Å². The fraction of sp³-hybridized carbons (Fsp3) is 0.154. The zero-order chi connectivity index (χ0) is 24.2. The van der Waals surface area contributed by atoms with Gasteiger partial charge < -0.3 is 15.2 Å². The molecule has 0 bridgehead atoms. The van der Waals surface area contributed by atoms with E-state index in [9.17, 15) is 19.5 Å². The maximum atomic E-state index is 13.2. The molecule has 2 heterocycles. The predicted molar refractivity (Wildman–Crippen MR) is 127 cm³/mol. The van der Waals surface area contributed by atoms with Crippen LogP contribution >= 0.6 is 0 Å². The lowest BCUT2D eigenvalue weighted by atomic mass is 9.98. The topological polar surface area (TPSA) is 109 Å². The first-order valence-electron chi connectivity index (χ1n) is 10.7. The number of aliphatic hydroxyl groups excluding tert-OH is 1. The lowest BCUT2D eigenvalue weighted by Crippen LogP contribution is -2.29. The Labute approximate surface area is 196 Å². The van der Waals surface area contributed by atoms with Crippen molar-refractivity contribution in [3.8, 4) is 5.75 Å². The molecule has 1 saturated heterocycles. The average Bonchev–Trinajstić information content (AvgIpc) is 3.10. The normalized spacial score (nSPS) is 17.0. The molecule has 2 N–H and O–H groups in total. The summed E-state index contributed by atoms with van der Waals surface area (Å²) >= 11 is 0. The molecule has 0 spiro atoms. The van der Waals surface area contributed by atoms with Gasteiger partial charge >= 0.3 is 0 Å². The van der Waals surface area contributed by atoms with Gasteiger partial charge in [-0.05, 0) is 67.6 Å². The predicted octanol–water partition coefficient (Wildman–Crippen LogP) is 4.07. The number of benzene rings is 2. The third-order valence-electron chi connectivity index (χ3n) is 5.32. The molecule has 8 heteroatoms. The highest BCUT2D eigenvalue weighted by molar-refractivity contribution is 6.51. The van der Waals surface area contributed by atoms with E-state index < -0.39 is 17.7 Å². The minimum atomic E-state index is -0.931. The van der Waals surface area contributed by atoms with Crippen molar-refractivity contribution < 1.29 is 24.2 Å². The van der Waals surface area contributed by atoms with E-state index in [1.807, 2.05) is 6.92 Å². The molecule has 2 amide bonds. The van der Waals surface area contributed by atoms with Gasteiger partial charge in [0.25, 0.3) is 11.7 Å². The van der Waals surface area contributed by atoms with Gasteiger partial charge in [0.15, 0.2) is 0 Å². The van der Waals surface area contributed by atoms with Crippen LogP contribution in [0.15, 0.2) is 78.5 Å². The molecule has 0 aliphatic carbocycles. The Kier molecular flexibility index (Phi) is 6.40. The van der Waals surface area contributed by atoms with Gasteiger partial charge in [0.05, 0.1) is 17.9 Å². The van der Waals surface area contributed by atoms with E-state index >= 15 is 0 Å². The number of anilines is 2. The van der Waals surface area contributed by atoms with Gasteiger partial charge in [-0.15, -0.1) is 0 Å². The standard InChI is InChI=1S/C26H23N3O5/c1-3-34-20-13-7-17(8-14-20)24(31)22-23(21-6-4-5-15-27-21)29(26(33)25(22)32)19-11-9-18(10-12-19)28-16(2)30/h4-15,23,31H,3H2,1-2H3,(H,28,30)/b24-22-. The molecule has 1 unspecified atom stereocenters. The van der Waals surface area contributed by atoms with E-state index in [0.717, 1.165) is 0 Å². The number of nitrogens with zero attached hydrogens (tertiary/aromatic N) is 2. The second-order valence-electron chi connectivity index (χ2n) is 7.61. The third-order valence-corrected chi connectivity index (χ3v) is 5.32. The summed E-state index contributed by atoms with van der Waals surface area (Å²) in [5, 5.41) is 13.8. The molecule has 1 fully saturated rings. The van der Waals surface area contributed by atoms with E-state index in [4.69, 9.17) is 4.74 Å². The Bertz CT molecular complexity index is 1250. The molecule has 8 nitrogen and oxygen atoms in total. The number of ether oxygens (including phenoxy) is 1. The van der Waals surface area contributed by atoms with Gasteiger partial charge in [-0.1, -0.05) is 6.07 Å². The molecule has 2 aromatic carbocycles. The molecule has 3 aromatic rings. The number of ketones is 1. The number of rotatable bonds is 6. The van der Waals surface area contributed by atoms with Crippen LogP contribution in [0.5, 0.6) is 5.75 Å². The van der Waals surface area contributed by atoms with Crippen LogP contribution in [0.2, 0.25) is 0 Å². The summed E-state index contributed by atoms with van der Waals surface area (Å²) in [6, 6.07) is 17.4. The van der Waals surface area contributed by atoms with Crippen molar-refractivity contribution in [1.29, 1.82) is 0 Å². The largest absolute Gasteiger partial charge is 0.507 e. The lowest BCUT2D eigenvalue weighted by Gasteiger charge is -2.24. The Morgan fingerprint density at radius 2 is 1.76 bits per heavy atom. The summed E-state index contributed by atoms with van der Waals surface area (Å²) in [4.78, 5) is 43.3. The number of carbonyl (C=O) groups is 3. The quantitative estimate of drug-likeness (QED) is 0.328. The van der Waals surface area contributed by atoms with Crippen molar-refractivity contribution in [2.24, 2.45) is 0 Å². The van der Waals surface area contributed by atoms with Gasteiger partial charge in [0.1, 0.15) is 17.6 Å². The van der Waals surface area contributed by atoms with Crippen LogP contribution < -0.4 is 15.0 Å². The third kappa shape index (κ3) is 4.38. The Morgan fingerprint density at radius 1 is 1.06 bits per heavy atom. The van der Waals surface area contributed by atoms with Gasteiger partial charge in [-0.2, -0.15) is 0 Å². The summed E-state index contributed by atoms with van der Waals surface area (Å²) < 4.78 is 5.44. The summed E-state index contributed by atoms with van der Waals surface area (Å²) in [5.74, 6) is -1.49. The number of pyridine rings is 1. The number of hydrogen-bond donors (Lipinski definition) is 2. The van der Waals surface area contributed by atoms with E-state index in [1.165, 1.54) is 11.8 Å². The first-order chi connectivity index (χ1) is 16.4. The highest BCUT2D eigenvalue weighted by Gasteiger charge is 2.47. The molecular weight excluding hydrogens is 434 g/mol. The molecule has 1 atom stereocenters. The van der Waals surface area contributed by atoms with Crippen LogP contribution in [0.3, 0.4) is 0 Å². The molecule has 0 saturated carbocycles. The van der Waals surface area contributed by atoms with Gasteiger partial charge in [0.2, 0.25) is 5.91 Å². The molecule has 1 aromatic heterocycles. The summed E-state index contributed by atoms with van der Waals surface area (Å²) in [6.07, 6.45) is 1.56. The smallest absolute Gasteiger partial charge is 0.300 e. The lowest BCUT2D eigenvalue weighted by molar-refractivity contribution is -0.132. The van der Waals surface area contributed by atoms with E-state index in [1.54, 1.807) is 72.9 Å². The van der Waals surface area contributed by atoms with E-state index in [2.05, 4.69) is 10.3 Å². The van der Waals surface area contributed by atoms with E-state index in [0.29, 0.717) is 35.0 Å². The summed E-state index contributed by atoms with van der Waals surface area (Å²) in [5.41, 5.74) is 1.73. The van der Waals surface area contributed by atoms with Gasteiger partial charge in [-0.25, -0.2) is 0 Å². The van der Waals surface area contributed by atoms with Crippen molar-refractivity contribution in [2.75, 3.05) is 16.8 Å². The van der Waals surface area contributed by atoms with Crippen molar-refractivity contribution in [3.05, 3.63) is 89.8 Å². The number of amides is 2. The molecule has 0 radical (unpaired) electrons. The first kappa shape index (κ1) is 22.7. The van der Waals surface area contributed by atoms with Crippen LogP contribution in [0.1, 0.15) is 31.1 Å². The Hall–Kier alpha value is -4.46. The molecular formula is C26H23N3O5. The number of aromatic nitrogens is 1. The molecule has 1 aliphatic rings. The molecule has 172 valence electrons. The minimum absolute atomic E-state index is 0.0567. The van der Waals surface area contributed by atoms with Crippen molar-refractivity contribution in [2.45, 2.75) is 19.9 Å². The van der Waals surface area contributed by atoms with Crippen LogP contribution in [0.4, 0.5) is 11.4 Å². The van der Waals surface area contributed by atoms with Crippen LogP contribution in [-0.4, -0.2) is 34.3 Å². The second-order valence-corrected chi connectivity index (χ2v) is 7.61. The zero-order valence-electron chi connectivity index (χ0n) is 18.7. The van der Waals surface area contributed by atoms with Crippen LogP contribution in [0.25, 0.3) is 5.76 Å². The number of carbonyl (C=O) groups excluding carboxylic acids is 3. The number of aliphatic hydroxyl groups is 1. The highest BCUT2D eigenvalue weighted by Crippen LogP contribution is 2.41. The maximum Gasteiger partial charge on any atom is 0.300 e. The SMILES string of the molecule is CCOc1ccc(/C(O)=C2/C(=O)C(=O)N(c3ccc(NC(C)=O)cc3)C2c2ccccn2)cc1. The molecule has 4 rings (SSSR count). The van der Waals surface area contributed by atoms with Crippen LogP contribution in [-0.2, 0) is 14.4 Å². The number of hydrogen-bond acceptors (Lipinski definition) is 6. The van der Waals surface area contributed by atoms with Crippen molar-refractivity contribution in [1.82, 2.24) is 4.98 Å². The number of nitrogens with one attached hydrogen (secondary N) is 1. The Morgan fingerprint density at radius 3 is 2.35 bits per heavy atom. The molecule has 34 heavy (non-hydrogen) atoms. The fourth-order valence-electron chi connectivity index (χ4n) is 3.86. The number of Topliss-reactive ketones (excluding diaryl/α,β-unsaturated/α-hetero) is 1. The highest BCUT2D eigenvalue weighted by atomic mass is 16.5. The monoisotopic (exact) mass is 457 g/mol. The first-order valence-corrected chi connectivity index (χ1v) is 10.7. The Balaban J connectivity index is 1.82. The van der Waals surface area contributed by atoms with Crippen molar-refractivity contribution in [3.63, 3.8) is 0 Å². The van der Waals surface area contributed by atoms with Crippen molar-refractivity contribution >= 4 is 34.7 Å². The minimum Gasteiger partial charge on any atom is -0.507 e. The van der Waals surface area contributed by atoms with Gasteiger partial charge in [0, 0.05) is 30.1 Å². The summed E-state index contributed by atoms with van der Waals surface area (Å²) in [6.45, 7) is 3.76. The molecule has 1 aliphatic heterocycles. The average molecular weight is 457 g/mol. The summed E-state index contributed by atoms with van der Waals surface area (Å²) in [7, 11) is 0. The second kappa shape index (κ2) is 9.58. The zero-order valence-corrected chi connectivity index (χ0v) is 18.7.